The number of ether oxygens (including phenoxy) is 1. The van der Waals surface area contributed by atoms with Crippen LogP contribution >= 0.6 is 0 Å². The van der Waals surface area contributed by atoms with Gasteiger partial charge in [0.15, 0.2) is 6.61 Å². The number of nitrogens with one attached hydrogen (secondary N) is 1. The first-order valence-corrected chi connectivity index (χ1v) is 10.6. The molecule has 0 saturated carbocycles. The summed E-state index contributed by atoms with van der Waals surface area (Å²) in [5.74, 6) is -0.953. The number of halogens is 1. The lowest BCUT2D eigenvalue weighted by molar-refractivity contribution is -0.142. The van der Waals surface area contributed by atoms with E-state index >= 15 is 0 Å². The normalized spacial score (nSPS) is 11.1. The van der Waals surface area contributed by atoms with Crippen LogP contribution in [0.4, 0.5) is 4.39 Å². The second kappa shape index (κ2) is 9.22. The van der Waals surface area contributed by atoms with Crippen molar-refractivity contribution in [2.24, 2.45) is 0 Å². The maximum Gasteiger partial charge on any atom is 0.306 e. The number of hydrogen-bond acceptors (Lipinski definition) is 3. The van der Waals surface area contributed by atoms with Crippen LogP contribution in [0.25, 0.3) is 16.6 Å². The molecule has 32 heavy (non-hydrogen) atoms. The highest BCUT2D eigenvalue weighted by atomic mass is 19.1. The molecular weight excluding hydrogens is 407 g/mol. The highest BCUT2D eigenvalue weighted by molar-refractivity contribution is 5.99. The number of benzene rings is 2. The molecule has 0 bridgehead atoms. The Balaban J connectivity index is 1.32. The number of esters is 1. The van der Waals surface area contributed by atoms with Gasteiger partial charge in [-0.1, -0.05) is 18.2 Å². The predicted molar refractivity (Wildman–Crippen MR) is 122 cm³/mol. The number of carbonyl (C=O) groups is 2. The first kappa shape index (κ1) is 21.6. The van der Waals surface area contributed by atoms with Gasteiger partial charge in [0, 0.05) is 46.2 Å². The number of H-pyrrole nitrogens is 1. The lowest BCUT2D eigenvalue weighted by Gasteiger charge is -2.10. The minimum absolute atomic E-state index is 0.251. The Bertz CT molecular complexity index is 1270. The third-order valence-electron chi connectivity index (χ3n) is 5.68. The lowest BCUT2D eigenvalue weighted by atomic mass is 10.1. The summed E-state index contributed by atoms with van der Waals surface area (Å²) in [6.07, 6.45) is 3.62. The zero-order valence-corrected chi connectivity index (χ0v) is 18.2. The van der Waals surface area contributed by atoms with Crippen molar-refractivity contribution in [1.29, 1.82) is 0 Å². The maximum absolute atomic E-state index is 13.2. The van der Waals surface area contributed by atoms with Crippen LogP contribution in [0.15, 0.2) is 60.8 Å². The van der Waals surface area contributed by atoms with Crippen LogP contribution in [0.3, 0.4) is 0 Å². The summed E-state index contributed by atoms with van der Waals surface area (Å²) in [6.45, 7) is 3.41. The molecule has 0 spiro atoms. The molecule has 2 aromatic heterocycles. The average Bonchev–Trinajstić information content (AvgIpc) is 3.33. The number of para-hydroxylation sites is 1. The van der Waals surface area contributed by atoms with Crippen LogP contribution in [0.1, 0.15) is 40.2 Å². The van der Waals surface area contributed by atoms with Crippen LogP contribution in [0, 0.1) is 19.7 Å². The summed E-state index contributed by atoms with van der Waals surface area (Å²) in [7, 11) is 0. The van der Waals surface area contributed by atoms with Gasteiger partial charge in [-0.2, -0.15) is 0 Å². The second-order valence-corrected chi connectivity index (χ2v) is 7.89. The molecule has 2 aromatic carbocycles. The predicted octanol–water partition coefficient (Wildman–Crippen LogP) is 5.46. The molecule has 0 radical (unpaired) electrons. The molecule has 0 aliphatic carbocycles. The third kappa shape index (κ3) is 4.49. The molecule has 4 aromatic rings. The van der Waals surface area contributed by atoms with E-state index < -0.39 is 0 Å². The molecule has 0 amide bonds. The first-order valence-electron chi connectivity index (χ1n) is 10.6. The Morgan fingerprint density at radius 1 is 1.06 bits per heavy atom. The molecule has 2 heterocycles. The Kier molecular flexibility index (Phi) is 6.21. The van der Waals surface area contributed by atoms with E-state index in [4.69, 9.17) is 4.74 Å². The van der Waals surface area contributed by atoms with Crippen molar-refractivity contribution in [3.8, 4) is 5.69 Å². The van der Waals surface area contributed by atoms with Crippen LogP contribution in [-0.4, -0.2) is 27.9 Å². The minimum atomic E-state index is -0.384. The number of aryl methyl sites for hydroxylation is 2. The topological polar surface area (TPSA) is 64.1 Å². The number of ketones is 1. The summed E-state index contributed by atoms with van der Waals surface area (Å²) < 4.78 is 20.4. The number of hydrogen-bond donors (Lipinski definition) is 1. The summed E-state index contributed by atoms with van der Waals surface area (Å²) in [6, 6.07) is 15.9. The van der Waals surface area contributed by atoms with E-state index in [2.05, 4.69) is 11.1 Å². The summed E-state index contributed by atoms with van der Waals surface area (Å²) in [5, 5.41) is 1.16. The van der Waals surface area contributed by atoms with E-state index in [0.29, 0.717) is 12.0 Å². The van der Waals surface area contributed by atoms with Crippen LogP contribution in [0.2, 0.25) is 0 Å². The van der Waals surface area contributed by atoms with Gasteiger partial charge in [-0.3, -0.25) is 9.59 Å². The standard InChI is InChI=1S/C26H25FN2O3/c1-17-14-23(18(2)29(17)21-12-10-20(27)11-13-21)25(30)16-32-26(31)9-5-6-19-15-28-24-8-4-3-7-22(19)24/h3-4,7-8,10-15,28H,5-6,9,16H2,1-2H3. The third-order valence-corrected chi connectivity index (χ3v) is 5.68. The highest BCUT2D eigenvalue weighted by Crippen LogP contribution is 2.22. The zero-order chi connectivity index (χ0) is 22.7. The maximum atomic E-state index is 13.2. The van der Waals surface area contributed by atoms with Crippen molar-refractivity contribution in [2.75, 3.05) is 6.61 Å². The van der Waals surface area contributed by atoms with Gasteiger partial charge >= 0.3 is 5.97 Å². The average molecular weight is 432 g/mol. The molecule has 4 rings (SSSR count). The summed E-state index contributed by atoms with van der Waals surface area (Å²) in [4.78, 5) is 28.1. The van der Waals surface area contributed by atoms with E-state index in [1.165, 1.54) is 12.1 Å². The Morgan fingerprint density at radius 3 is 2.59 bits per heavy atom. The minimum Gasteiger partial charge on any atom is -0.457 e. The van der Waals surface area contributed by atoms with Gasteiger partial charge < -0.3 is 14.3 Å². The molecule has 0 unspecified atom stereocenters. The summed E-state index contributed by atoms with van der Waals surface area (Å²) in [5.41, 5.74) is 5.09. The van der Waals surface area contributed by atoms with E-state index in [0.717, 1.165) is 40.0 Å². The van der Waals surface area contributed by atoms with Crippen molar-refractivity contribution in [1.82, 2.24) is 9.55 Å². The van der Waals surface area contributed by atoms with E-state index in [1.54, 1.807) is 18.2 Å². The van der Waals surface area contributed by atoms with Gasteiger partial charge in [0.2, 0.25) is 5.78 Å². The number of fused-ring (bicyclic) bond motifs is 1. The number of carbonyl (C=O) groups excluding carboxylic acids is 2. The Hall–Kier alpha value is -3.67. The van der Waals surface area contributed by atoms with Gasteiger partial charge in [0.05, 0.1) is 0 Å². The van der Waals surface area contributed by atoms with E-state index in [1.807, 2.05) is 42.8 Å². The van der Waals surface area contributed by atoms with E-state index in [9.17, 15) is 14.0 Å². The van der Waals surface area contributed by atoms with Crippen LogP contribution < -0.4 is 0 Å². The molecule has 0 aliphatic rings. The molecule has 0 atom stereocenters. The van der Waals surface area contributed by atoms with Crippen molar-refractivity contribution in [2.45, 2.75) is 33.1 Å². The van der Waals surface area contributed by atoms with Gasteiger partial charge in [-0.05, 0) is 68.7 Å². The lowest BCUT2D eigenvalue weighted by Crippen LogP contribution is -2.15. The second-order valence-electron chi connectivity index (χ2n) is 7.89. The van der Waals surface area contributed by atoms with Crippen LogP contribution in [0.5, 0.6) is 0 Å². The van der Waals surface area contributed by atoms with Crippen molar-refractivity contribution >= 4 is 22.7 Å². The largest absolute Gasteiger partial charge is 0.457 e. The fraction of sp³-hybridized carbons (Fsp3) is 0.231. The van der Waals surface area contributed by atoms with E-state index in [-0.39, 0.29) is 30.6 Å². The molecule has 164 valence electrons. The number of rotatable bonds is 8. The fourth-order valence-corrected chi connectivity index (χ4v) is 4.09. The number of aromatic nitrogens is 2. The van der Waals surface area contributed by atoms with Gasteiger partial charge in [-0.25, -0.2) is 4.39 Å². The van der Waals surface area contributed by atoms with Crippen molar-refractivity contribution < 1.29 is 18.7 Å². The van der Waals surface area contributed by atoms with Crippen LogP contribution in [-0.2, 0) is 16.0 Å². The zero-order valence-electron chi connectivity index (χ0n) is 18.2. The molecule has 0 aliphatic heterocycles. The molecule has 0 fully saturated rings. The molecule has 6 heteroatoms. The molecule has 1 N–H and O–H groups in total. The smallest absolute Gasteiger partial charge is 0.306 e. The molecule has 0 saturated heterocycles. The fourth-order valence-electron chi connectivity index (χ4n) is 4.09. The van der Waals surface area contributed by atoms with Crippen molar-refractivity contribution in [3.05, 3.63) is 89.1 Å². The molecular formula is C26H25FN2O3. The Morgan fingerprint density at radius 2 is 1.81 bits per heavy atom. The highest BCUT2D eigenvalue weighted by Gasteiger charge is 2.18. The van der Waals surface area contributed by atoms with Gasteiger partial charge in [-0.15, -0.1) is 0 Å². The van der Waals surface area contributed by atoms with Crippen molar-refractivity contribution in [3.63, 3.8) is 0 Å². The first-order chi connectivity index (χ1) is 15.4. The number of nitrogens with zero attached hydrogens (tertiary/aromatic N) is 1. The SMILES string of the molecule is Cc1cc(C(=O)COC(=O)CCCc2c[nH]c3ccccc23)c(C)n1-c1ccc(F)cc1. The Labute approximate surface area is 185 Å². The summed E-state index contributed by atoms with van der Waals surface area (Å²) >= 11 is 0. The number of aromatic amines is 1. The quantitative estimate of drug-likeness (QED) is 0.297. The molecule has 5 nitrogen and oxygen atoms in total. The number of Topliss-reactive ketones (excluding diaryl/α,β-unsaturated/α-hetero) is 1. The van der Waals surface area contributed by atoms with Gasteiger partial charge in [0.25, 0.3) is 0 Å². The monoisotopic (exact) mass is 432 g/mol. The van der Waals surface area contributed by atoms with Gasteiger partial charge in [0.1, 0.15) is 5.82 Å².